The zero-order valence-corrected chi connectivity index (χ0v) is 13.0. The molecule has 1 fully saturated rings. The highest BCUT2D eigenvalue weighted by Crippen LogP contribution is 2.16. The summed E-state index contributed by atoms with van der Waals surface area (Å²) in [5.74, 6) is 0.739. The third kappa shape index (κ3) is 3.63. The summed E-state index contributed by atoms with van der Waals surface area (Å²) in [5, 5.41) is 3.37. The Kier molecular flexibility index (Phi) is 4.78. The zero-order chi connectivity index (χ0) is 16.1. The molecule has 0 aliphatic carbocycles. The van der Waals surface area contributed by atoms with Crippen LogP contribution in [0.3, 0.4) is 0 Å². The molecule has 0 spiro atoms. The van der Waals surface area contributed by atoms with E-state index in [-0.39, 0.29) is 5.78 Å². The Labute approximate surface area is 136 Å². The van der Waals surface area contributed by atoms with Crippen molar-refractivity contribution in [3.8, 4) is 0 Å². The topological polar surface area (TPSA) is 58.1 Å². The van der Waals surface area contributed by atoms with Crippen molar-refractivity contribution >= 4 is 17.7 Å². The molecule has 0 aromatic carbocycles. The fraction of sp³-hybridized carbons (Fsp3) is 0.278. The van der Waals surface area contributed by atoms with Gasteiger partial charge in [-0.3, -0.25) is 9.78 Å². The Morgan fingerprint density at radius 1 is 1.26 bits per heavy atom. The Hall–Kier alpha value is -2.53. The van der Waals surface area contributed by atoms with Crippen molar-refractivity contribution in [1.29, 1.82) is 0 Å². The van der Waals surface area contributed by atoms with Gasteiger partial charge in [-0.15, -0.1) is 0 Å². The number of pyridine rings is 2. The van der Waals surface area contributed by atoms with Gasteiger partial charge in [-0.2, -0.15) is 0 Å². The number of nitrogens with zero attached hydrogens (tertiary/aromatic N) is 3. The molecule has 0 unspecified atom stereocenters. The summed E-state index contributed by atoms with van der Waals surface area (Å²) in [6.45, 7) is 7.52. The standard InChI is InChI=1S/C18H20N4O/c1-2-14-11-15(13-20-12-14)18(23)16-5-3-6-17(21-16)22-9-4-7-19-8-10-22/h2-3,5-6,11-13,19H,1,4,7-10H2. The normalized spacial score (nSPS) is 15.0. The fourth-order valence-corrected chi connectivity index (χ4v) is 2.64. The second kappa shape index (κ2) is 7.15. The number of aromatic nitrogens is 2. The van der Waals surface area contributed by atoms with Gasteiger partial charge in [0.05, 0.1) is 0 Å². The van der Waals surface area contributed by atoms with E-state index in [4.69, 9.17) is 0 Å². The molecule has 1 aliphatic heterocycles. The van der Waals surface area contributed by atoms with Crippen LogP contribution in [0.4, 0.5) is 5.82 Å². The van der Waals surface area contributed by atoms with Crippen LogP contribution in [0.15, 0.2) is 43.2 Å². The molecular weight excluding hydrogens is 288 g/mol. The van der Waals surface area contributed by atoms with Crippen LogP contribution in [0.2, 0.25) is 0 Å². The summed E-state index contributed by atoms with van der Waals surface area (Å²) >= 11 is 0. The van der Waals surface area contributed by atoms with E-state index in [2.05, 4.69) is 26.8 Å². The van der Waals surface area contributed by atoms with Gasteiger partial charge in [0.15, 0.2) is 0 Å². The van der Waals surface area contributed by atoms with Crippen LogP contribution in [-0.2, 0) is 0 Å². The van der Waals surface area contributed by atoms with E-state index in [1.165, 1.54) is 0 Å². The molecule has 2 aromatic heterocycles. The summed E-state index contributed by atoms with van der Waals surface area (Å²) in [6, 6.07) is 7.38. The largest absolute Gasteiger partial charge is 0.355 e. The lowest BCUT2D eigenvalue weighted by Crippen LogP contribution is -2.28. The average molecular weight is 308 g/mol. The van der Waals surface area contributed by atoms with Crippen LogP contribution in [-0.4, -0.2) is 41.9 Å². The van der Waals surface area contributed by atoms with Gasteiger partial charge in [0.2, 0.25) is 5.78 Å². The summed E-state index contributed by atoms with van der Waals surface area (Å²) in [6.07, 6.45) is 6.00. The number of rotatable bonds is 4. The van der Waals surface area contributed by atoms with Gasteiger partial charge in [0, 0.05) is 37.6 Å². The van der Waals surface area contributed by atoms with Crippen LogP contribution in [0.25, 0.3) is 6.08 Å². The Bertz CT molecular complexity index is 706. The van der Waals surface area contributed by atoms with E-state index in [0.29, 0.717) is 11.3 Å². The Morgan fingerprint density at radius 3 is 3.04 bits per heavy atom. The maximum atomic E-state index is 12.6. The monoisotopic (exact) mass is 308 g/mol. The van der Waals surface area contributed by atoms with Crippen molar-refractivity contribution in [3.05, 3.63) is 60.1 Å². The molecule has 5 heteroatoms. The van der Waals surface area contributed by atoms with Gasteiger partial charge < -0.3 is 10.2 Å². The molecule has 3 rings (SSSR count). The minimum atomic E-state index is -0.115. The van der Waals surface area contributed by atoms with Crippen LogP contribution >= 0.6 is 0 Å². The summed E-state index contributed by atoms with van der Waals surface area (Å²) < 4.78 is 0. The molecule has 2 aromatic rings. The summed E-state index contributed by atoms with van der Waals surface area (Å²) in [7, 11) is 0. The number of carbonyl (C=O) groups excluding carboxylic acids is 1. The van der Waals surface area contributed by atoms with Crippen molar-refractivity contribution in [3.63, 3.8) is 0 Å². The number of ketones is 1. The highest BCUT2D eigenvalue weighted by Gasteiger charge is 2.15. The Balaban J connectivity index is 1.86. The van der Waals surface area contributed by atoms with E-state index in [1.54, 1.807) is 30.6 Å². The van der Waals surface area contributed by atoms with E-state index < -0.39 is 0 Å². The highest BCUT2D eigenvalue weighted by molar-refractivity contribution is 6.07. The SMILES string of the molecule is C=Cc1cncc(C(=O)c2cccc(N3CCCNCC3)n2)c1. The Morgan fingerprint density at radius 2 is 2.17 bits per heavy atom. The molecule has 1 saturated heterocycles. The smallest absolute Gasteiger partial charge is 0.212 e. The van der Waals surface area contributed by atoms with E-state index in [9.17, 15) is 4.79 Å². The molecule has 0 radical (unpaired) electrons. The lowest BCUT2D eigenvalue weighted by atomic mass is 10.1. The predicted molar refractivity (Wildman–Crippen MR) is 91.7 cm³/mol. The van der Waals surface area contributed by atoms with Gasteiger partial charge >= 0.3 is 0 Å². The van der Waals surface area contributed by atoms with Crippen LogP contribution < -0.4 is 10.2 Å². The second-order valence-corrected chi connectivity index (χ2v) is 5.51. The molecule has 1 N–H and O–H groups in total. The predicted octanol–water partition coefficient (Wildman–Crippen LogP) is 2.15. The van der Waals surface area contributed by atoms with Gasteiger partial charge in [-0.25, -0.2) is 4.98 Å². The van der Waals surface area contributed by atoms with Gasteiger partial charge in [0.1, 0.15) is 11.5 Å². The summed E-state index contributed by atoms with van der Waals surface area (Å²) in [5.41, 5.74) is 1.80. The number of carbonyl (C=O) groups is 1. The fourth-order valence-electron chi connectivity index (χ4n) is 2.64. The first-order valence-electron chi connectivity index (χ1n) is 7.83. The molecule has 0 bridgehead atoms. The molecule has 5 nitrogen and oxygen atoms in total. The van der Waals surface area contributed by atoms with Crippen molar-refractivity contribution < 1.29 is 4.79 Å². The third-order valence-electron chi connectivity index (χ3n) is 3.89. The molecule has 118 valence electrons. The highest BCUT2D eigenvalue weighted by atomic mass is 16.1. The van der Waals surface area contributed by atoms with Crippen LogP contribution in [0.1, 0.15) is 28.0 Å². The molecule has 3 heterocycles. The quantitative estimate of drug-likeness (QED) is 0.877. The maximum Gasteiger partial charge on any atom is 0.212 e. The first-order chi connectivity index (χ1) is 11.3. The first kappa shape index (κ1) is 15.4. The minimum Gasteiger partial charge on any atom is -0.355 e. The van der Waals surface area contributed by atoms with Crippen molar-refractivity contribution in [2.24, 2.45) is 0 Å². The molecule has 0 saturated carbocycles. The van der Waals surface area contributed by atoms with Gasteiger partial charge in [-0.1, -0.05) is 18.7 Å². The van der Waals surface area contributed by atoms with Crippen molar-refractivity contribution in [2.75, 3.05) is 31.1 Å². The lowest BCUT2D eigenvalue weighted by Gasteiger charge is -2.21. The van der Waals surface area contributed by atoms with Crippen molar-refractivity contribution in [1.82, 2.24) is 15.3 Å². The molecular formula is C18H20N4O. The lowest BCUT2D eigenvalue weighted by molar-refractivity contribution is 0.103. The number of hydrogen-bond acceptors (Lipinski definition) is 5. The average Bonchev–Trinajstić information content (AvgIpc) is 2.90. The van der Waals surface area contributed by atoms with Crippen LogP contribution in [0, 0.1) is 0 Å². The van der Waals surface area contributed by atoms with Crippen LogP contribution in [0.5, 0.6) is 0 Å². The van der Waals surface area contributed by atoms with Gasteiger partial charge in [0.25, 0.3) is 0 Å². The van der Waals surface area contributed by atoms with E-state index in [1.807, 2.05) is 12.1 Å². The van der Waals surface area contributed by atoms with Crippen molar-refractivity contribution in [2.45, 2.75) is 6.42 Å². The minimum absolute atomic E-state index is 0.115. The molecule has 23 heavy (non-hydrogen) atoms. The molecule has 0 amide bonds. The summed E-state index contributed by atoms with van der Waals surface area (Å²) in [4.78, 5) is 23.5. The van der Waals surface area contributed by atoms with E-state index in [0.717, 1.165) is 44.0 Å². The number of nitrogens with one attached hydrogen (secondary N) is 1. The zero-order valence-electron chi connectivity index (χ0n) is 13.0. The van der Waals surface area contributed by atoms with E-state index >= 15 is 0 Å². The molecule has 1 aliphatic rings. The second-order valence-electron chi connectivity index (χ2n) is 5.51. The van der Waals surface area contributed by atoms with Gasteiger partial charge in [-0.05, 0) is 36.7 Å². The first-order valence-corrected chi connectivity index (χ1v) is 7.83. The number of anilines is 1. The molecule has 0 atom stereocenters. The third-order valence-corrected chi connectivity index (χ3v) is 3.89. The number of hydrogen-bond donors (Lipinski definition) is 1. The maximum absolute atomic E-state index is 12.6.